The van der Waals surface area contributed by atoms with Crippen molar-refractivity contribution in [2.75, 3.05) is 6.54 Å². The van der Waals surface area contributed by atoms with E-state index in [1.54, 1.807) is 18.1 Å². The van der Waals surface area contributed by atoms with E-state index in [4.69, 9.17) is 4.42 Å². The number of hydrogen-bond acceptors (Lipinski definition) is 3. The van der Waals surface area contributed by atoms with E-state index in [0.29, 0.717) is 25.8 Å². The topological polar surface area (TPSA) is 62.6 Å². The van der Waals surface area contributed by atoms with Gasteiger partial charge < -0.3 is 14.6 Å². The molecule has 5 nitrogen and oxygen atoms in total. The Bertz CT molecular complexity index is 477. The second-order valence-corrected chi connectivity index (χ2v) is 5.28. The van der Waals surface area contributed by atoms with E-state index in [1.165, 1.54) is 0 Å². The molecule has 0 saturated carbocycles. The molecule has 1 aromatic heterocycles. The van der Waals surface area contributed by atoms with Gasteiger partial charge in [0, 0.05) is 13.0 Å². The van der Waals surface area contributed by atoms with Gasteiger partial charge in [-0.3, -0.25) is 9.59 Å². The quantitative estimate of drug-likeness (QED) is 0.892. The summed E-state index contributed by atoms with van der Waals surface area (Å²) in [6.45, 7) is 6.14. The highest BCUT2D eigenvalue weighted by atomic mass is 16.3. The SMILES string of the molecule is CCC1(CC)NC(=O)C(C)N(CCc2ccco2)C1=O. The number of hydrogen-bond donors (Lipinski definition) is 1. The van der Waals surface area contributed by atoms with Crippen molar-refractivity contribution < 1.29 is 14.0 Å². The number of carbonyl (C=O) groups excluding carboxylic acids is 2. The van der Waals surface area contributed by atoms with E-state index < -0.39 is 11.6 Å². The highest BCUT2D eigenvalue weighted by Crippen LogP contribution is 2.25. The molecule has 0 bridgehead atoms. The fourth-order valence-electron chi connectivity index (χ4n) is 2.70. The lowest BCUT2D eigenvalue weighted by Gasteiger charge is -2.44. The van der Waals surface area contributed by atoms with Crippen LogP contribution in [0.15, 0.2) is 22.8 Å². The minimum atomic E-state index is -0.743. The van der Waals surface area contributed by atoms with Gasteiger partial charge in [-0.1, -0.05) is 13.8 Å². The monoisotopic (exact) mass is 278 g/mol. The average Bonchev–Trinajstić information content (AvgIpc) is 2.96. The zero-order valence-corrected chi connectivity index (χ0v) is 12.3. The van der Waals surface area contributed by atoms with Gasteiger partial charge in [-0.2, -0.15) is 0 Å². The first-order valence-electron chi connectivity index (χ1n) is 7.19. The van der Waals surface area contributed by atoms with Gasteiger partial charge in [-0.15, -0.1) is 0 Å². The maximum Gasteiger partial charge on any atom is 0.248 e. The fraction of sp³-hybridized carbons (Fsp3) is 0.600. The molecule has 2 rings (SSSR count). The Labute approximate surface area is 119 Å². The van der Waals surface area contributed by atoms with Crippen molar-refractivity contribution in [2.24, 2.45) is 0 Å². The number of nitrogens with zero attached hydrogens (tertiary/aromatic N) is 1. The summed E-state index contributed by atoms with van der Waals surface area (Å²) >= 11 is 0. The molecule has 5 heteroatoms. The van der Waals surface area contributed by atoms with Crippen molar-refractivity contribution in [2.45, 2.75) is 51.6 Å². The Morgan fingerprint density at radius 2 is 2.05 bits per heavy atom. The highest BCUT2D eigenvalue weighted by Gasteiger charge is 2.47. The number of furan rings is 1. The number of amides is 2. The molecule has 1 fully saturated rings. The van der Waals surface area contributed by atoms with E-state index in [9.17, 15) is 9.59 Å². The summed E-state index contributed by atoms with van der Waals surface area (Å²) in [5, 5.41) is 2.90. The molecule has 1 unspecified atom stereocenters. The lowest BCUT2D eigenvalue weighted by Crippen LogP contribution is -2.69. The molecule has 2 heterocycles. The fourth-order valence-corrected chi connectivity index (χ4v) is 2.70. The first-order chi connectivity index (χ1) is 9.54. The molecule has 1 saturated heterocycles. The van der Waals surface area contributed by atoms with E-state index in [-0.39, 0.29) is 11.8 Å². The van der Waals surface area contributed by atoms with Crippen molar-refractivity contribution in [1.29, 1.82) is 0 Å². The van der Waals surface area contributed by atoms with Crippen LogP contribution >= 0.6 is 0 Å². The summed E-state index contributed by atoms with van der Waals surface area (Å²) in [4.78, 5) is 26.5. The molecule has 110 valence electrons. The lowest BCUT2D eigenvalue weighted by molar-refractivity contribution is -0.154. The summed E-state index contributed by atoms with van der Waals surface area (Å²) < 4.78 is 5.29. The van der Waals surface area contributed by atoms with Gasteiger partial charge in [0.05, 0.1) is 6.26 Å². The van der Waals surface area contributed by atoms with Gasteiger partial charge in [0.2, 0.25) is 11.8 Å². The van der Waals surface area contributed by atoms with Crippen LogP contribution in [0.5, 0.6) is 0 Å². The van der Waals surface area contributed by atoms with Crippen LogP contribution in [-0.4, -0.2) is 34.8 Å². The molecule has 0 spiro atoms. The predicted molar refractivity (Wildman–Crippen MR) is 75.0 cm³/mol. The third kappa shape index (κ3) is 2.44. The number of carbonyl (C=O) groups is 2. The van der Waals surface area contributed by atoms with Crippen LogP contribution in [0.4, 0.5) is 0 Å². The first kappa shape index (κ1) is 14.6. The van der Waals surface area contributed by atoms with Crippen LogP contribution in [0, 0.1) is 0 Å². The van der Waals surface area contributed by atoms with Gasteiger partial charge in [0.25, 0.3) is 0 Å². The van der Waals surface area contributed by atoms with Gasteiger partial charge >= 0.3 is 0 Å². The van der Waals surface area contributed by atoms with Crippen LogP contribution < -0.4 is 5.32 Å². The number of nitrogens with one attached hydrogen (secondary N) is 1. The molecule has 1 atom stereocenters. The standard InChI is InChI=1S/C15H22N2O3/c1-4-15(5-2)14(19)17(11(3)13(18)16-15)9-8-12-7-6-10-20-12/h6-7,10-11H,4-5,8-9H2,1-3H3,(H,16,18). The Hall–Kier alpha value is -1.78. The van der Waals surface area contributed by atoms with E-state index in [1.807, 2.05) is 26.0 Å². The largest absolute Gasteiger partial charge is 0.469 e. The summed E-state index contributed by atoms with van der Waals surface area (Å²) in [6.07, 6.45) is 3.46. The third-order valence-corrected chi connectivity index (χ3v) is 4.27. The molecular formula is C15H22N2O3. The normalized spacial score (nSPS) is 21.9. The molecule has 1 aliphatic rings. The predicted octanol–water partition coefficient (Wildman–Crippen LogP) is 1.73. The van der Waals surface area contributed by atoms with Gasteiger partial charge in [-0.05, 0) is 31.9 Å². The maximum atomic E-state index is 12.7. The Balaban J connectivity index is 2.15. The van der Waals surface area contributed by atoms with Gasteiger partial charge in [0.15, 0.2) is 0 Å². The summed E-state index contributed by atoms with van der Waals surface area (Å²) in [5.41, 5.74) is -0.743. The van der Waals surface area contributed by atoms with Crippen molar-refractivity contribution in [3.8, 4) is 0 Å². The minimum absolute atomic E-state index is 0.0150. The van der Waals surface area contributed by atoms with Crippen molar-refractivity contribution in [1.82, 2.24) is 10.2 Å². The molecule has 0 radical (unpaired) electrons. The molecule has 1 N–H and O–H groups in total. The summed E-state index contributed by atoms with van der Waals surface area (Å²) in [5.74, 6) is 0.767. The third-order valence-electron chi connectivity index (χ3n) is 4.27. The second kappa shape index (κ2) is 5.69. The van der Waals surface area contributed by atoms with Crippen LogP contribution in [-0.2, 0) is 16.0 Å². The molecule has 0 aromatic carbocycles. The lowest BCUT2D eigenvalue weighted by atomic mass is 9.87. The minimum Gasteiger partial charge on any atom is -0.469 e. The van der Waals surface area contributed by atoms with E-state index >= 15 is 0 Å². The molecule has 2 amide bonds. The average molecular weight is 278 g/mol. The first-order valence-corrected chi connectivity index (χ1v) is 7.19. The van der Waals surface area contributed by atoms with Crippen LogP contribution in [0.1, 0.15) is 39.4 Å². The smallest absolute Gasteiger partial charge is 0.248 e. The number of piperazine rings is 1. The van der Waals surface area contributed by atoms with Crippen LogP contribution in [0.2, 0.25) is 0 Å². The zero-order chi connectivity index (χ0) is 14.8. The Kier molecular flexibility index (Phi) is 4.16. The van der Waals surface area contributed by atoms with E-state index in [2.05, 4.69) is 5.32 Å². The van der Waals surface area contributed by atoms with Gasteiger partial charge in [0.1, 0.15) is 17.3 Å². The van der Waals surface area contributed by atoms with Crippen molar-refractivity contribution in [3.05, 3.63) is 24.2 Å². The molecular weight excluding hydrogens is 256 g/mol. The molecule has 20 heavy (non-hydrogen) atoms. The molecule has 1 aromatic rings. The van der Waals surface area contributed by atoms with Crippen molar-refractivity contribution in [3.63, 3.8) is 0 Å². The van der Waals surface area contributed by atoms with E-state index in [0.717, 1.165) is 5.76 Å². The highest BCUT2D eigenvalue weighted by molar-refractivity contribution is 5.99. The summed E-state index contributed by atoms with van der Waals surface area (Å²) in [7, 11) is 0. The Morgan fingerprint density at radius 1 is 1.35 bits per heavy atom. The van der Waals surface area contributed by atoms with Crippen LogP contribution in [0.25, 0.3) is 0 Å². The zero-order valence-electron chi connectivity index (χ0n) is 12.3. The second-order valence-electron chi connectivity index (χ2n) is 5.28. The molecule has 0 aliphatic carbocycles. The Morgan fingerprint density at radius 3 is 2.60 bits per heavy atom. The summed E-state index contributed by atoms with van der Waals surface area (Å²) in [6, 6.07) is 3.28. The van der Waals surface area contributed by atoms with Gasteiger partial charge in [-0.25, -0.2) is 0 Å². The maximum absolute atomic E-state index is 12.7. The number of rotatable bonds is 5. The molecule has 1 aliphatic heterocycles. The van der Waals surface area contributed by atoms with Crippen molar-refractivity contribution >= 4 is 11.8 Å². The van der Waals surface area contributed by atoms with Crippen LogP contribution in [0.3, 0.4) is 0 Å².